The van der Waals surface area contributed by atoms with Gasteiger partial charge in [-0.1, -0.05) is 22.0 Å². The van der Waals surface area contributed by atoms with Crippen LogP contribution >= 0.6 is 27.3 Å². The number of halogens is 1. The van der Waals surface area contributed by atoms with Crippen LogP contribution in [0.3, 0.4) is 0 Å². The normalized spacial score (nSPS) is 10.8. The lowest BCUT2D eigenvalue weighted by Crippen LogP contribution is -1.99. The molecule has 19 heavy (non-hydrogen) atoms. The van der Waals surface area contributed by atoms with Gasteiger partial charge in [0.2, 0.25) is 0 Å². The number of hydrogen-bond acceptors (Lipinski definition) is 3. The van der Waals surface area contributed by atoms with Crippen molar-refractivity contribution < 1.29 is 9.53 Å². The molecule has 0 aliphatic carbocycles. The van der Waals surface area contributed by atoms with Crippen molar-refractivity contribution >= 4 is 39.1 Å². The molecule has 0 saturated carbocycles. The number of thiophene rings is 1. The molecule has 0 amide bonds. The molecule has 0 bridgehead atoms. The average Bonchev–Trinajstić information content (AvgIpc) is 2.96. The highest BCUT2D eigenvalue weighted by atomic mass is 79.9. The summed E-state index contributed by atoms with van der Waals surface area (Å²) in [4.78, 5) is 13.0. The highest BCUT2D eigenvalue weighted by Crippen LogP contribution is 2.15. The maximum absolute atomic E-state index is 11.9. The minimum atomic E-state index is 0.000409. The van der Waals surface area contributed by atoms with E-state index in [-0.39, 0.29) is 5.78 Å². The predicted molar refractivity (Wildman–Crippen MR) is 83.4 cm³/mol. The highest BCUT2D eigenvalue weighted by Gasteiger charge is 2.02. The molecular weight excluding hydrogens is 324 g/mol. The number of carbonyl (C=O) groups excluding carboxylic acids is 1. The Kier molecular flexibility index (Phi) is 5.36. The lowest BCUT2D eigenvalue weighted by atomic mass is 10.1. The summed E-state index contributed by atoms with van der Waals surface area (Å²) in [6.45, 7) is 0.617. The van der Waals surface area contributed by atoms with Crippen molar-refractivity contribution in [3.8, 4) is 5.75 Å². The first kappa shape index (κ1) is 14.0. The second kappa shape index (κ2) is 7.26. The fourth-order valence-corrected chi connectivity index (χ4v) is 2.29. The standard InChI is InChI=1S/C15H13BrO2S/c16-9-10-18-13-5-3-12(4-6-13)15(17)8-7-14-2-1-11-19-14/h1-8,11H,9-10H2/b8-7+. The number of alkyl halides is 1. The first-order valence-electron chi connectivity index (χ1n) is 5.84. The van der Waals surface area contributed by atoms with Crippen LogP contribution < -0.4 is 4.74 Å². The van der Waals surface area contributed by atoms with Gasteiger partial charge >= 0.3 is 0 Å². The van der Waals surface area contributed by atoms with Gasteiger partial charge in [-0.15, -0.1) is 11.3 Å². The van der Waals surface area contributed by atoms with E-state index in [1.807, 2.05) is 35.7 Å². The van der Waals surface area contributed by atoms with Gasteiger partial charge in [-0.05, 0) is 47.9 Å². The van der Waals surface area contributed by atoms with E-state index >= 15 is 0 Å². The SMILES string of the molecule is O=C(/C=C/c1cccs1)c1ccc(OCCBr)cc1. The van der Waals surface area contributed by atoms with E-state index in [2.05, 4.69) is 15.9 Å². The van der Waals surface area contributed by atoms with Crippen LogP contribution in [0.2, 0.25) is 0 Å². The first-order chi connectivity index (χ1) is 9.29. The van der Waals surface area contributed by atoms with Gasteiger partial charge in [0, 0.05) is 15.8 Å². The number of carbonyl (C=O) groups is 1. The number of allylic oxidation sites excluding steroid dienone is 1. The molecule has 2 aromatic rings. The van der Waals surface area contributed by atoms with Crippen molar-refractivity contribution in [1.82, 2.24) is 0 Å². The van der Waals surface area contributed by atoms with Crippen LogP contribution in [0.1, 0.15) is 15.2 Å². The van der Waals surface area contributed by atoms with Gasteiger partial charge in [0.05, 0.1) is 6.61 Å². The van der Waals surface area contributed by atoms with Crippen LogP contribution in [0.15, 0.2) is 47.9 Å². The van der Waals surface area contributed by atoms with Crippen molar-refractivity contribution in [1.29, 1.82) is 0 Å². The zero-order valence-corrected chi connectivity index (χ0v) is 12.6. The number of ketones is 1. The van der Waals surface area contributed by atoms with E-state index in [9.17, 15) is 4.79 Å². The molecule has 0 aliphatic heterocycles. The second-order valence-corrected chi connectivity index (χ2v) is 5.55. The minimum absolute atomic E-state index is 0.000409. The summed E-state index contributed by atoms with van der Waals surface area (Å²) in [5.74, 6) is 0.777. The summed E-state index contributed by atoms with van der Waals surface area (Å²) in [7, 11) is 0. The lowest BCUT2D eigenvalue weighted by molar-refractivity contribution is 0.104. The van der Waals surface area contributed by atoms with Crippen LogP contribution in [0.5, 0.6) is 5.75 Å². The number of rotatable bonds is 6. The predicted octanol–water partition coefficient (Wildman–Crippen LogP) is 4.42. The maximum atomic E-state index is 11.9. The number of benzene rings is 1. The quantitative estimate of drug-likeness (QED) is 0.443. The molecule has 0 spiro atoms. The highest BCUT2D eigenvalue weighted by molar-refractivity contribution is 9.09. The molecule has 0 saturated heterocycles. The Balaban J connectivity index is 1.99. The lowest BCUT2D eigenvalue weighted by Gasteiger charge is -2.03. The van der Waals surface area contributed by atoms with Gasteiger partial charge in [-0.25, -0.2) is 0 Å². The molecule has 2 rings (SSSR count). The summed E-state index contributed by atoms with van der Waals surface area (Å²) >= 11 is 4.90. The van der Waals surface area contributed by atoms with Crippen LogP contribution in [-0.4, -0.2) is 17.7 Å². The van der Waals surface area contributed by atoms with Crippen molar-refractivity contribution in [2.75, 3.05) is 11.9 Å². The van der Waals surface area contributed by atoms with Crippen molar-refractivity contribution in [2.24, 2.45) is 0 Å². The molecule has 0 N–H and O–H groups in total. The number of ether oxygens (including phenoxy) is 1. The van der Waals surface area contributed by atoms with Gasteiger partial charge in [0.1, 0.15) is 5.75 Å². The summed E-state index contributed by atoms with van der Waals surface area (Å²) in [6, 6.07) is 11.1. The van der Waals surface area contributed by atoms with Crippen LogP contribution in [-0.2, 0) is 0 Å². The molecule has 0 unspecified atom stereocenters. The molecule has 1 aromatic heterocycles. The summed E-state index contributed by atoms with van der Waals surface area (Å²) < 4.78 is 5.43. The molecular formula is C15H13BrO2S. The topological polar surface area (TPSA) is 26.3 Å². The molecule has 1 aromatic carbocycles. The van der Waals surface area contributed by atoms with Gasteiger partial charge in [-0.2, -0.15) is 0 Å². The van der Waals surface area contributed by atoms with Gasteiger partial charge in [0.25, 0.3) is 0 Å². The van der Waals surface area contributed by atoms with Crippen LogP contribution in [0.25, 0.3) is 6.08 Å². The Morgan fingerprint density at radius 3 is 2.68 bits per heavy atom. The van der Waals surface area contributed by atoms with Crippen molar-refractivity contribution in [3.05, 3.63) is 58.3 Å². The van der Waals surface area contributed by atoms with E-state index in [4.69, 9.17) is 4.74 Å². The van der Waals surface area contributed by atoms with Gasteiger partial charge in [-0.3, -0.25) is 4.79 Å². The third-order valence-corrected chi connectivity index (χ3v) is 3.59. The van der Waals surface area contributed by atoms with Crippen LogP contribution in [0, 0.1) is 0 Å². The molecule has 0 fully saturated rings. The molecule has 0 radical (unpaired) electrons. The van der Waals surface area contributed by atoms with E-state index in [0.717, 1.165) is 16.0 Å². The zero-order chi connectivity index (χ0) is 13.5. The summed E-state index contributed by atoms with van der Waals surface area (Å²) in [6.07, 6.45) is 3.43. The molecule has 2 nitrogen and oxygen atoms in total. The van der Waals surface area contributed by atoms with E-state index in [0.29, 0.717) is 12.2 Å². The number of hydrogen-bond donors (Lipinski definition) is 0. The Bertz CT molecular complexity index is 544. The third-order valence-electron chi connectivity index (χ3n) is 2.43. The maximum Gasteiger partial charge on any atom is 0.185 e. The van der Waals surface area contributed by atoms with E-state index < -0.39 is 0 Å². The van der Waals surface area contributed by atoms with Gasteiger partial charge < -0.3 is 4.74 Å². The molecule has 0 atom stereocenters. The van der Waals surface area contributed by atoms with E-state index in [1.54, 1.807) is 29.5 Å². The Morgan fingerprint density at radius 2 is 2.05 bits per heavy atom. The Morgan fingerprint density at radius 1 is 1.26 bits per heavy atom. The fraction of sp³-hybridized carbons (Fsp3) is 0.133. The first-order valence-corrected chi connectivity index (χ1v) is 7.84. The summed E-state index contributed by atoms with van der Waals surface area (Å²) in [5.41, 5.74) is 0.666. The minimum Gasteiger partial charge on any atom is -0.493 e. The fourth-order valence-electron chi connectivity index (χ4n) is 1.51. The monoisotopic (exact) mass is 336 g/mol. The Labute approximate surface area is 124 Å². The van der Waals surface area contributed by atoms with Crippen molar-refractivity contribution in [3.63, 3.8) is 0 Å². The van der Waals surface area contributed by atoms with E-state index in [1.165, 1.54) is 0 Å². The molecule has 4 heteroatoms. The zero-order valence-electron chi connectivity index (χ0n) is 10.2. The Hall–Kier alpha value is -1.39. The second-order valence-electron chi connectivity index (χ2n) is 3.77. The third kappa shape index (κ3) is 4.33. The van der Waals surface area contributed by atoms with Crippen LogP contribution in [0.4, 0.5) is 0 Å². The van der Waals surface area contributed by atoms with Crippen molar-refractivity contribution in [2.45, 2.75) is 0 Å². The molecule has 0 aliphatic rings. The largest absolute Gasteiger partial charge is 0.493 e. The molecule has 1 heterocycles. The summed E-state index contributed by atoms with van der Waals surface area (Å²) in [5, 5.41) is 2.78. The van der Waals surface area contributed by atoms with Gasteiger partial charge in [0.15, 0.2) is 5.78 Å². The smallest absolute Gasteiger partial charge is 0.185 e. The molecule has 98 valence electrons. The average molecular weight is 337 g/mol.